The first-order valence-electron chi connectivity index (χ1n) is 48.8. The average Bonchev–Trinajstić information content (AvgIpc) is 1.57. The molecular formula is C132H92N4O4. The van der Waals surface area contributed by atoms with Gasteiger partial charge in [0, 0.05) is 154 Å². The zero-order valence-electron chi connectivity index (χ0n) is 78.7. The minimum atomic E-state index is -0.143. The highest BCUT2D eigenvalue weighted by Crippen LogP contribution is 2.60. The normalized spacial score (nSPS) is 14.2. The minimum Gasteiger partial charge on any atom is -0.456 e. The number of furan rings is 4. The van der Waals surface area contributed by atoms with Gasteiger partial charge < -0.3 is 35.9 Å². The number of rotatable bonds is 4. The molecule has 0 aliphatic heterocycles. The maximum Gasteiger partial charge on any atom is 0.145 e. The summed E-state index contributed by atoms with van der Waals surface area (Å²) in [6, 6.07) is 149. The van der Waals surface area contributed by atoms with Crippen LogP contribution in [0.4, 0.5) is 0 Å². The molecule has 8 heterocycles. The smallest absolute Gasteiger partial charge is 0.145 e. The van der Waals surface area contributed by atoms with Crippen LogP contribution in [0, 0.1) is 0 Å². The Morgan fingerprint density at radius 3 is 0.957 bits per heavy atom. The van der Waals surface area contributed by atoms with Gasteiger partial charge in [0.25, 0.3) is 0 Å². The van der Waals surface area contributed by atoms with Crippen LogP contribution in [0.1, 0.15) is 99.9 Å². The van der Waals surface area contributed by atoms with Crippen LogP contribution in [0.2, 0.25) is 0 Å². The molecule has 8 heteroatoms. The molecule has 4 aliphatic carbocycles. The summed E-state index contributed by atoms with van der Waals surface area (Å²) >= 11 is 0. The van der Waals surface area contributed by atoms with Gasteiger partial charge in [0.15, 0.2) is 0 Å². The maximum atomic E-state index is 6.80. The van der Waals surface area contributed by atoms with Gasteiger partial charge in [-0.2, -0.15) is 0 Å². The summed E-state index contributed by atoms with van der Waals surface area (Å²) in [5.74, 6) is 4.09. The Bertz CT molecular complexity index is 10200. The molecule has 0 saturated carbocycles. The molecule has 140 heavy (non-hydrogen) atoms. The van der Waals surface area contributed by atoms with Crippen molar-refractivity contribution in [2.24, 2.45) is 0 Å². The number of benzene rings is 20. The number of hydrogen-bond acceptors (Lipinski definition) is 4. The van der Waals surface area contributed by atoms with Crippen molar-refractivity contribution in [3.05, 3.63) is 457 Å². The summed E-state index contributed by atoms with van der Waals surface area (Å²) in [5, 5.41) is 24.9. The average molecular weight is 1800 g/mol. The minimum absolute atomic E-state index is 0.0957. The lowest BCUT2D eigenvalue weighted by Crippen LogP contribution is -2.15. The molecule has 32 rings (SSSR count). The van der Waals surface area contributed by atoms with Crippen molar-refractivity contribution in [2.75, 3.05) is 0 Å². The molecule has 20 aromatic carbocycles. The Labute approximate surface area is 806 Å². The van der Waals surface area contributed by atoms with Crippen LogP contribution >= 0.6 is 0 Å². The van der Waals surface area contributed by atoms with Gasteiger partial charge in [0.1, 0.15) is 45.4 Å². The molecule has 664 valence electrons. The molecular weight excluding hydrogens is 1710 g/mol. The molecule has 4 aliphatic rings. The van der Waals surface area contributed by atoms with E-state index in [1.54, 1.807) is 0 Å². The first-order chi connectivity index (χ1) is 68.5. The molecule has 0 amide bonds. The molecule has 0 unspecified atom stereocenters. The van der Waals surface area contributed by atoms with E-state index in [9.17, 15) is 0 Å². The van der Waals surface area contributed by atoms with Crippen LogP contribution < -0.4 is 0 Å². The second-order valence-corrected chi connectivity index (χ2v) is 40.9. The lowest BCUT2D eigenvalue weighted by Gasteiger charge is -2.21. The van der Waals surface area contributed by atoms with E-state index in [4.69, 9.17) is 17.7 Å². The van der Waals surface area contributed by atoms with Crippen LogP contribution in [0.25, 0.3) is 242 Å². The topological polar surface area (TPSA) is 72.3 Å². The van der Waals surface area contributed by atoms with Gasteiger partial charge in [-0.3, -0.25) is 0 Å². The van der Waals surface area contributed by atoms with Gasteiger partial charge in [-0.15, -0.1) is 0 Å². The number of fused-ring (bicyclic) bond motifs is 37. The van der Waals surface area contributed by atoms with E-state index in [0.717, 1.165) is 45.4 Å². The highest BCUT2D eigenvalue weighted by atomic mass is 16.3. The van der Waals surface area contributed by atoms with Crippen molar-refractivity contribution in [2.45, 2.75) is 77.0 Å². The van der Waals surface area contributed by atoms with Crippen molar-refractivity contribution in [3.63, 3.8) is 0 Å². The van der Waals surface area contributed by atoms with Gasteiger partial charge in [0.2, 0.25) is 0 Å². The van der Waals surface area contributed by atoms with Crippen LogP contribution in [-0.2, 0) is 21.7 Å². The third-order valence-electron chi connectivity index (χ3n) is 31.8. The largest absolute Gasteiger partial charge is 0.456 e. The van der Waals surface area contributed by atoms with Gasteiger partial charge in [-0.1, -0.05) is 334 Å². The molecule has 28 aromatic rings. The number of nitrogens with zero attached hydrogens (tertiary/aromatic N) is 4. The molecule has 0 saturated heterocycles. The molecule has 0 fully saturated rings. The first-order valence-corrected chi connectivity index (χ1v) is 48.8. The summed E-state index contributed by atoms with van der Waals surface area (Å²) < 4.78 is 36.0. The number of aromatic nitrogens is 4. The van der Waals surface area contributed by atoms with E-state index in [0.29, 0.717) is 0 Å². The third-order valence-corrected chi connectivity index (χ3v) is 31.8. The lowest BCUT2D eigenvalue weighted by atomic mass is 9.81. The molecule has 0 N–H and O–H groups in total. The third kappa shape index (κ3) is 11.3. The number of para-hydroxylation sites is 6. The predicted octanol–water partition coefficient (Wildman–Crippen LogP) is 36.0. The SMILES string of the molecule is CC1(C)c2cc3c(cc2-c2oc4ccccc4c21)c1ccccc1n3-c1ccc2ccccc2c1.CC1(C)c2cc3c4ccccc4n(-c4ccc5ccccc5c4)c3cc2-c2oc3ccccc3c21.CC1(C)c2ccccc2-c2oc3c(ccc4c3c3ccccc3n4-c3ccc4ccccc4c3)c21.CC1(C)c2ccccc2-c2oc3cc4c(cc3c21)c1ccccc1n4-c1ccc2ccccc2c1. The highest BCUT2D eigenvalue weighted by Gasteiger charge is 2.46. The van der Waals surface area contributed by atoms with Crippen molar-refractivity contribution >= 4 is 174 Å². The van der Waals surface area contributed by atoms with E-state index in [-0.39, 0.29) is 21.7 Å². The molecule has 0 radical (unpaired) electrons. The Hall–Kier alpha value is -17.2. The second-order valence-electron chi connectivity index (χ2n) is 40.9. The van der Waals surface area contributed by atoms with Crippen molar-refractivity contribution < 1.29 is 17.7 Å². The summed E-state index contributed by atoms with van der Waals surface area (Å²) in [4.78, 5) is 0. The summed E-state index contributed by atoms with van der Waals surface area (Å²) in [6.45, 7) is 18.6. The summed E-state index contributed by atoms with van der Waals surface area (Å²) in [7, 11) is 0. The van der Waals surface area contributed by atoms with Crippen LogP contribution in [0.5, 0.6) is 0 Å². The zero-order valence-corrected chi connectivity index (χ0v) is 78.7. The maximum absolute atomic E-state index is 6.80. The van der Waals surface area contributed by atoms with E-state index < -0.39 is 0 Å². The Balaban J connectivity index is 0.0000000896. The molecule has 8 aromatic heterocycles. The summed E-state index contributed by atoms with van der Waals surface area (Å²) in [5.41, 5.74) is 33.2. The standard InChI is InChI=1S/4C33H23NO/c1-33(2)27-13-7-5-12-24(27)32-31(33)26-18-25-23-11-6-8-14-28(23)34(29(25)19-30(26)35-32)22-16-15-20-9-3-4-10-21(20)17-22;1-33(2)27-18-25-23-11-5-7-13-28(23)34(22-16-15-20-9-3-4-10-21(20)17-22)29(25)19-26(27)32-31(33)24-12-6-8-14-30(24)35-32;1-33(2)27-19-29-25(18-26(27)32-31(33)24-12-6-8-14-30(24)35-32)23-11-5-7-13-28(23)34(29)22-16-15-20-9-3-4-10-21(20)17-22;1-33(2)26-13-7-5-11-23(26)32-30(33)25-17-18-28-29(31(25)35-32)24-12-6-8-14-27(24)34(28)22-16-15-20-9-3-4-10-21(20)19-22/h4*3-19H,1-2H3. The fraction of sp³-hybridized carbons (Fsp3) is 0.0909. The Morgan fingerprint density at radius 2 is 0.486 bits per heavy atom. The Kier molecular flexibility index (Phi) is 16.7. The monoisotopic (exact) mass is 1800 g/mol. The van der Waals surface area contributed by atoms with Gasteiger partial charge in [-0.25, -0.2) is 0 Å². The predicted molar refractivity (Wildman–Crippen MR) is 582 cm³/mol. The number of hydrogen-bond donors (Lipinski definition) is 0. The van der Waals surface area contributed by atoms with E-state index in [1.807, 2.05) is 0 Å². The van der Waals surface area contributed by atoms with Gasteiger partial charge >= 0.3 is 0 Å². The molecule has 0 atom stereocenters. The summed E-state index contributed by atoms with van der Waals surface area (Å²) in [6.07, 6.45) is 0. The van der Waals surface area contributed by atoms with Crippen molar-refractivity contribution in [3.8, 4) is 68.0 Å². The fourth-order valence-corrected chi connectivity index (χ4v) is 25.3. The second kappa shape index (κ2) is 29.2. The zero-order chi connectivity index (χ0) is 93.2. The lowest BCUT2D eigenvalue weighted by molar-refractivity contribution is 0.619. The van der Waals surface area contributed by atoms with Crippen LogP contribution in [0.3, 0.4) is 0 Å². The van der Waals surface area contributed by atoms with Crippen molar-refractivity contribution in [1.29, 1.82) is 0 Å². The van der Waals surface area contributed by atoms with E-state index in [2.05, 4.69) is 486 Å². The quantitative estimate of drug-likeness (QED) is 0.176. The molecule has 0 bridgehead atoms. The van der Waals surface area contributed by atoms with Crippen LogP contribution in [0.15, 0.2) is 430 Å². The Morgan fingerprint density at radius 1 is 0.171 bits per heavy atom. The van der Waals surface area contributed by atoms with Crippen LogP contribution in [-0.4, -0.2) is 18.3 Å². The molecule has 8 nitrogen and oxygen atoms in total. The highest BCUT2D eigenvalue weighted by molar-refractivity contribution is 6.22. The van der Waals surface area contributed by atoms with Gasteiger partial charge in [0.05, 0.1) is 49.5 Å². The molecule has 0 spiro atoms. The van der Waals surface area contributed by atoms with E-state index >= 15 is 0 Å². The van der Waals surface area contributed by atoms with Gasteiger partial charge in [-0.05, 0) is 193 Å². The fourth-order valence-electron chi connectivity index (χ4n) is 25.3. The van der Waals surface area contributed by atoms with E-state index in [1.165, 1.54) is 241 Å². The van der Waals surface area contributed by atoms with Crippen molar-refractivity contribution in [1.82, 2.24) is 18.3 Å². The first kappa shape index (κ1) is 80.1.